The first-order valence-corrected chi connectivity index (χ1v) is 41.7. The number of hydrogen-bond acceptors (Lipinski definition) is 7. The Hall–Kier alpha value is -5.20. The monoisotopic (exact) mass is 1580 g/mol. The van der Waals surface area contributed by atoms with Gasteiger partial charge in [-0.05, 0) is 248 Å². The third kappa shape index (κ3) is 34.1. The number of carbonyl (C=O) groups excluding carboxylic acids is 1. The highest BCUT2D eigenvalue weighted by Gasteiger charge is 2.17. The molecule has 8 aromatic carbocycles. The smallest absolute Gasteiger partial charge is 0.159 e. The van der Waals surface area contributed by atoms with Gasteiger partial charge in [0.15, 0.2) is 5.78 Å². The van der Waals surface area contributed by atoms with Crippen molar-refractivity contribution in [1.29, 1.82) is 0 Å². The van der Waals surface area contributed by atoms with Gasteiger partial charge in [-0.15, -0.1) is 35.3 Å². The average Bonchev–Trinajstić information content (AvgIpc) is 1.84. The van der Waals surface area contributed by atoms with E-state index in [1.54, 1.807) is 56.1 Å². The standard InChI is InChI=1S/C14H16ClN.C12H17ClS.C12H18FN.C11H13ClO.C11H15ClS.C11H16.C10H13ClS.C10H13FO/c1-10(2)13-9-11(5-6-14(13)15)8-12-4-3-7-16-12;2*1-8(2)12-10(13)6-5-7-11(12)14-9(3)4;1-7(2)10-6-9(8(3)13)4-5-11(10)12;1-4-13-10-7-5-6-9(12)11(10)8(2)3;1-8(2)11-7-9(3)5-6-10(11)4;1-7(2)10-8(11)5-4-6-9(10)12-3;1-7(2)9-6-8(12-3)4-5-10(9)11/h3-7,9-10,12H,8H2,1-2H3;5-9H,1-4H3;5-9,14H,1-4H3;4-7H,1-3H3;5-8H,4H2,1-3H3;5-8H,1-4H3;2*4-7H,1-3H3. The van der Waals surface area contributed by atoms with E-state index < -0.39 is 0 Å². The number of thioether (sulfide) groups is 3. The Balaban J connectivity index is 0.000000409. The summed E-state index contributed by atoms with van der Waals surface area (Å²) in [6.45, 7) is 50.5. The maximum atomic E-state index is 13.5. The molecule has 105 heavy (non-hydrogen) atoms. The highest BCUT2D eigenvalue weighted by Crippen LogP contribution is 2.38. The second-order valence-corrected chi connectivity index (χ2v) is 34.7. The number of nitrogens with one attached hydrogen (secondary N) is 1. The van der Waals surface area contributed by atoms with E-state index >= 15 is 0 Å². The van der Waals surface area contributed by atoms with Crippen LogP contribution in [0.15, 0.2) is 177 Å². The fraction of sp³-hybridized carbons (Fsp3) is 0.429. The van der Waals surface area contributed by atoms with E-state index in [4.69, 9.17) is 62.7 Å². The van der Waals surface area contributed by atoms with Crippen LogP contribution in [0, 0.1) is 25.5 Å². The lowest BCUT2D eigenvalue weighted by atomic mass is 9.96. The van der Waals surface area contributed by atoms with Crippen molar-refractivity contribution in [3.8, 4) is 5.75 Å². The minimum Gasteiger partial charge on any atom is -0.497 e. The molecule has 574 valence electrons. The number of rotatable bonds is 19. The molecule has 0 spiro atoms. The molecule has 1 N–H and O–H groups in total. The topological polar surface area (TPSA) is 50.7 Å². The number of nitrogens with zero attached hydrogens (tertiary/aromatic N) is 1. The van der Waals surface area contributed by atoms with Gasteiger partial charge in [0.05, 0.1) is 13.2 Å². The second-order valence-electron chi connectivity index (χ2n) is 28.8. The quantitative estimate of drug-likeness (QED) is 0.0643. The first-order chi connectivity index (χ1) is 49.3. The molecular formula is C91H121Cl5F2N2O2S3. The van der Waals surface area contributed by atoms with Gasteiger partial charge in [0, 0.05) is 74.1 Å². The Morgan fingerprint density at radius 3 is 1.43 bits per heavy atom. The molecule has 8 aromatic rings. The van der Waals surface area contributed by atoms with E-state index in [0.717, 1.165) is 59.7 Å². The van der Waals surface area contributed by atoms with Crippen LogP contribution < -0.4 is 10.1 Å². The average molecular weight is 1590 g/mol. The molecule has 1 aliphatic heterocycles. The van der Waals surface area contributed by atoms with Gasteiger partial charge in [0.1, 0.15) is 17.4 Å². The SMILES string of the molecule is CC(=O)c1ccc(Cl)c(C(C)C)c1.CC(C)Nc1cccc(F)c1C(C)C.CC(C)Sc1cccc(Cl)c1C(C)C.CC(C)c1cc(CC2C=CC=N2)ccc1Cl.CCSc1cccc(Cl)c1C(C)C.COc1ccc(F)c(C(C)C)c1.CSc1cccc(Cl)c1C(C)C.Cc1ccc(C)c(C(C)C)c1. The van der Waals surface area contributed by atoms with Gasteiger partial charge in [-0.25, -0.2) is 8.78 Å². The van der Waals surface area contributed by atoms with Crippen molar-refractivity contribution in [3.05, 3.63) is 261 Å². The minimum atomic E-state index is -0.161. The normalized spacial score (nSPS) is 12.0. The van der Waals surface area contributed by atoms with E-state index in [9.17, 15) is 13.6 Å². The molecule has 4 nitrogen and oxygen atoms in total. The Bertz CT molecular complexity index is 3900. The summed E-state index contributed by atoms with van der Waals surface area (Å²) in [5.74, 6) is 4.97. The molecule has 9 rings (SSSR count). The van der Waals surface area contributed by atoms with E-state index in [0.29, 0.717) is 64.2 Å². The first-order valence-electron chi connectivity index (χ1n) is 36.7. The summed E-state index contributed by atoms with van der Waals surface area (Å²) in [6.07, 6.45) is 9.04. The fourth-order valence-electron chi connectivity index (χ4n) is 11.2. The molecule has 0 fully saturated rings. The second kappa shape index (κ2) is 49.8. The van der Waals surface area contributed by atoms with E-state index in [1.165, 1.54) is 71.3 Å². The third-order valence-corrected chi connectivity index (χ3v) is 21.0. The molecule has 0 aliphatic carbocycles. The highest BCUT2D eigenvalue weighted by atomic mass is 35.5. The predicted molar refractivity (Wildman–Crippen MR) is 468 cm³/mol. The van der Waals surface area contributed by atoms with Crippen LogP contribution in [0.25, 0.3) is 0 Å². The number of ether oxygens (including phenoxy) is 1. The Morgan fingerprint density at radius 1 is 0.505 bits per heavy atom. The molecule has 1 unspecified atom stereocenters. The lowest BCUT2D eigenvalue weighted by molar-refractivity contribution is 0.101. The zero-order chi connectivity index (χ0) is 79.5. The zero-order valence-corrected chi connectivity index (χ0v) is 73.7. The van der Waals surface area contributed by atoms with Crippen LogP contribution in [-0.2, 0) is 6.42 Å². The summed E-state index contributed by atoms with van der Waals surface area (Å²) in [4.78, 5) is 19.4. The van der Waals surface area contributed by atoms with E-state index in [2.05, 4.69) is 203 Å². The molecule has 0 radical (unpaired) electrons. The Kier molecular flexibility index (Phi) is 45.4. The number of aliphatic imine (C=N–C) groups is 1. The number of halogens is 7. The number of aryl methyl sites for hydroxylation is 2. The first kappa shape index (κ1) is 95.9. The third-order valence-electron chi connectivity index (χ3n) is 16.5. The van der Waals surface area contributed by atoms with E-state index in [1.807, 2.05) is 118 Å². The molecule has 0 saturated heterocycles. The molecule has 0 saturated carbocycles. The molecule has 1 atom stereocenters. The van der Waals surface area contributed by atoms with Crippen molar-refractivity contribution in [3.63, 3.8) is 0 Å². The van der Waals surface area contributed by atoms with Crippen LogP contribution >= 0.6 is 93.3 Å². The van der Waals surface area contributed by atoms with Gasteiger partial charge < -0.3 is 10.1 Å². The van der Waals surface area contributed by atoms with Gasteiger partial charge in [0.25, 0.3) is 0 Å². The predicted octanol–water partition coefficient (Wildman–Crippen LogP) is 31.6. The lowest BCUT2D eigenvalue weighted by Crippen LogP contribution is -2.12. The number of ketones is 1. The van der Waals surface area contributed by atoms with Crippen LogP contribution in [0.5, 0.6) is 5.75 Å². The van der Waals surface area contributed by atoms with Crippen LogP contribution in [0.3, 0.4) is 0 Å². The summed E-state index contributed by atoms with van der Waals surface area (Å²) in [6, 6.07) is 47.3. The zero-order valence-electron chi connectivity index (χ0n) is 67.5. The molecular weight excluding hydrogens is 1460 g/mol. The number of hydrogen-bond donors (Lipinski definition) is 1. The largest absolute Gasteiger partial charge is 0.497 e. The maximum Gasteiger partial charge on any atom is 0.159 e. The van der Waals surface area contributed by atoms with Crippen LogP contribution in [0.4, 0.5) is 14.5 Å². The summed E-state index contributed by atoms with van der Waals surface area (Å²) in [5.41, 5.74) is 14.8. The number of anilines is 1. The lowest BCUT2D eigenvalue weighted by Gasteiger charge is -2.17. The number of methoxy groups -OCH3 is 1. The fourth-order valence-corrected chi connectivity index (χ4v) is 16.1. The highest BCUT2D eigenvalue weighted by molar-refractivity contribution is 8.00. The van der Waals surface area contributed by atoms with Crippen molar-refractivity contribution in [2.45, 2.75) is 252 Å². The summed E-state index contributed by atoms with van der Waals surface area (Å²) in [7, 11) is 1.58. The summed E-state index contributed by atoms with van der Waals surface area (Å²) in [5, 5.41) is 8.14. The Labute approximate surface area is 672 Å². The van der Waals surface area contributed by atoms with Crippen molar-refractivity contribution in [2.24, 2.45) is 4.99 Å². The van der Waals surface area contributed by atoms with Crippen molar-refractivity contribution >= 4 is 111 Å². The molecule has 1 aliphatic rings. The number of carbonyl (C=O) groups is 1. The molecule has 0 aromatic heterocycles. The van der Waals surface area contributed by atoms with E-state index in [-0.39, 0.29) is 29.3 Å². The van der Waals surface area contributed by atoms with Crippen molar-refractivity contribution < 1.29 is 18.3 Å². The number of benzene rings is 8. The van der Waals surface area contributed by atoms with Crippen LogP contribution in [0.1, 0.15) is 271 Å². The van der Waals surface area contributed by atoms with Crippen LogP contribution in [-0.4, -0.2) is 48.4 Å². The molecule has 0 amide bonds. The summed E-state index contributed by atoms with van der Waals surface area (Å²) >= 11 is 36.1. The number of Topliss-reactive ketones (excluding diaryl/α,β-unsaturated/α-hetero) is 1. The van der Waals surface area contributed by atoms with Gasteiger partial charge in [-0.3, -0.25) is 9.79 Å². The molecule has 1 heterocycles. The van der Waals surface area contributed by atoms with Crippen molar-refractivity contribution in [1.82, 2.24) is 0 Å². The van der Waals surface area contributed by atoms with Gasteiger partial charge in [-0.1, -0.05) is 256 Å². The Morgan fingerprint density at radius 2 is 0.990 bits per heavy atom. The molecule has 14 heteroatoms. The summed E-state index contributed by atoms with van der Waals surface area (Å²) < 4.78 is 31.6. The maximum absolute atomic E-state index is 13.5. The van der Waals surface area contributed by atoms with Gasteiger partial charge in [-0.2, -0.15) is 0 Å². The number of allylic oxidation sites excluding steroid dienone is 1. The minimum absolute atomic E-state index is 0.0820. The van der Waals surface area contributed by atoms with Crippen molar-refractivity contribution in [2.75, 3.05) is 24.4 Å². The molecule has 0 bridgehead atoms. The van der Waals surface area contributed by atoms with Gasteiger partial charge in [0.2, 0.25) is 0 Å². The van der Waals surface area contributed by atoms with Gasteiger partial charge >= 0.3 is 0 Å². The van der Waals surface area contributed by atoms with Crippen LogP contribution in [0.2, 0.25) is 25.1 Å².